The van der Waals surface area contributed by atoms with E-state index in [-0.39, 0.29) is 5.56 Å². The lowest BCUT2D eigenvalue weighted by molar-refractivity contribution is 0.410. The van der Waals surface area contributed by atoms with Gasteiger partial charge in [-0.1, -0.05) is 27.5 Å². The molecule has 8 nitrogen and oxygen atoms in total. The van der Waals surface area contributed by atoms with Crippen LogP contribution < -0.4 is 10.3 Å². The first-order valence-corrected chi connectivity index (χ1v) is 9.64. The number of tetrazole rings is 1. The minimum atomic E-state index is -0.204. The summed E-state index contributed by atoms with van der Waals surface area (Å²) in [5.74, 6) is 0.510. The van der Waals surface area contributed by atoms with Crippen molar-refractivity contribution in [1.29, 1.82) is 0 Å². The van der Waals surface area contributed by atoms with Gasteiger partial charge in [-0.3, -0.25) is 9.78 Å². The van der Waals surface area contributed by atoms with E-state index in [9.17, 15) is 4.79 Å². The zero-order valence-corrected chi connectivity index (χ0v) is 17.5. The molecule has 4 aromatic rings. The Bertz CT molecular complexity index is 1230. The van der Waals surface area contributed by atoms with Gasteiger partial charge in [0.05, 0.1) is 31.2 Å². The molecule has 3 heterocycles. The number of ether oxygens (including phenoxy) is 1. The van der Waals surface area contributed by atoms with Crippen molar-refractivity contribution in [3.8, 4) is 22.6 Å². The van der Waals surface area contributed by atoms with E-state index in [1.807, 2.05) is 12.1 Å². The molecule has 4 rings (SSSR count). The maximum Gasteiger partial charge on any atom is 0.251 e. The molecule has 0 aliphatic carbocycles. The van der Waals surface area contributed by atoms with Gasteiger partial charge in [-0.25, -0.2) is 0 Å². The van der Waals surface area contributed by atoms with Crippen molar-refractivity contribution >= 4 is 27.5 Å². The summed E-state index contributed by atoms with van der Waals surface area (Å²) in [6, 6.07) is 10.5. The summed E-state index contributed by atoms with van der Waals surface area (Å²) in [7, 11) is 1.55. The lowest BCUT2D eigenvalue weighted by Gasteiger charge is -2.15. The highest BCUT2D eigenvalue weighted by Crippen LogP contribution is 2.34. The van der Waals surface area contributed by atoms with Gasteiger partial charge in [0.15, 0.2) is 0 Å². The van der Waals surface area contributed by atoms with E-state index in [2.05, 4.69) is 36.4 Å². The number of hydrogen-bond donors (Lipinski definition) is 0. The normalized spacial score (nSPS) is 10.9. The SMILES string of the molecule is COc1cn(Cc2cc(Br)ccn2)c(=O)cc1-c1cc(Cl)ccc1-n1cnnn1. The quantitative estimate of drug-likeness (QED) is 0.442. The first kappa shape index (κ1) is 19.3. The van der Waals surface area contributed by atoms with Crippen molar-refractivity contribution in [3.63, 3.8) is 0 Å². The van der Waals surface area contributed by atoms with Crippen LogP contribution in [-0.4, -0.2) is 36.9 Å². The molecule has 0 radical (unpaired) electrons. The molecule has 10 heteroatoms. The Hall–Kier alpha value is -3.04. The molecule has 146 valence electrons. The summed E-state index contributed by atoms with van der Waals surface area (Å²) in [6.45, 7) is 0.310. The molecule has 29 heavy (non-hydrogen) atoms. The van der Waals surface area contributed by atoms with Crippen LogP contribution in [0.3, 0.4) is 0 Å². The summed E-state index contributed by atoms with van der Waals surface area (Å²) in [4.78, 5) is 17.1. The van der Waals surface area contributed by atoms with Crippen LogP contribution in [0, 0.1) is 0 Å². The monoisotopic (exact) mass is 472 g/mol. The maximum atomic E-state index is 12.8. The zero-order chi connectivity index (χ0) is 20.4. The molecule has 0 N–H and O–H groups in total. The average molecular weight is 474 g/mol. The largest absolute Gasteiger partial charge is 0.495 e. The smallest absolute Gasteiger partial charge is 0.251 e. The van der Waals surface area contributed by atoms with Crippen LogP contribution in [0.15, 0.2) is 64.4 Å². The van der Waals surface area contributed by atoms with Crippen molar-refractivity contribution in [1.82, 2.24) is 29.8 Å². The van der Waals surface area contributed by atoms with Crippen molar-refractivity contribution in [3.05, 3.63) is 80.7 Å². The minimum Gasteiger partial charge on any atom is -0.495 e. The third-order valence-corrected chi connectivity index (χ3v) is 4.99. The van der Waals surface area contributed by atoms with Gasteiger partial charge >= 0.3 is 0 Å². The average Bonchev–Trinajstić information content (AvgIpc) is 3.24. The zero-order valence-electron chi connectivity index (χ0n) is 15.2. The van der Waals surface area contributed by atoms with Crippen molar-refractivity contribution in [2.45, 2.75) is 6.54 Å². The standard InChI is InChI=1S/C19H14BrClN6O2/c1-29-18-10-26(9-14-6-12(20)4-5-22-14)19(28)8-16(18)15-7-13(21)2-3-17(15)27-11-23-24-25-27/h2-8,10-11H,9H2,1H3. The maximum absolute atomic E-state index is 12.8. The highest BCUT2D eigenvalue weighted by Gasteiger charge is 2.16. The lowest BCUT2D eigenvalue weighted by Crippen LogP contribution is -2.20. The number of halogens is 2. The summed E-state index contributed by atoms with van der Waals surface area (Å²) in [5, 5.41) is 11.8. The van der Waals surface area contributed by atoms with Crippen molar-refractivity contribution in [2.24, 2.45) is 0 Å². The Labute approximate surface area is 178 Å². The number of rotatable bonds is 5. The number of benzene rings is 1. The van der Waals surface area contributed by atoms with Crippen molar-refractivity contribution in [2.75, 3.05) is 7.11 Å². The summed E-state index contributed by atoms with van der Waals surface area (Å²) in [6.07, 6.45) is 4.81. The fourth-order valence-corrected chi connectivity index (χ4v) is 3.51. The molecule has 0 unspecified atom stereocenters. The van der Waals surface area contributed by atoms with Gasteiger partial charge in [0.2, 0.25) is 0 Å². The van der Waals surface area contributed by atoms with Gasteiger partial charge in [0.1, 0.15) is 12.1 Å². The number of hydrogen-bond acceptors (Lipinski definition) is 6. The Morgan fingerprint density at radius 1 is 1.17 bits per heavy atom. The van der Waals surface area contributed by atoms with Gasteiger partial charge in [-0.2, -0.15) is 4.68 Å². The minimum absolute atomic E-state index is 0.204. The molecule has 0 atom stereocenters. The fourth-order valence-electron chi connectivity index (χ4n) is 2.95. The van der Waals surface area contributed by atoms with Crippen LogP contribution in [0.5, 0.6) is 5.75 Å². The Balaban J connectivity index is 1.83. The van der Waals surface area contributed by atoms with Crippen LogP contribution in [0.2, 0.25) is 5.02 Å². The second-order valence-corrected chi connectivity index (χ2v) is 7.46. The topological polar surface area (TPSA) is 87.7 Å². The first-order valence-electron chi connectivity index (χ1n) is 8.47. The molecule has 0 bridgehead atoms. The van der Waals surface area contributed by atoms with Gasteiger partial charge in [-0.15, -0.1) is 5.10 Å². The Kier molecular flexibility index (Phi) is 5.41. The number of nitrogens with zero attached hydrogens (tertiary/aromatic N) is 6. The molecule has 0 amide bonds. The lowest BCUT2D eigenvalue weighted by atomic mass is 10.0. The predicted octanol–water partition coefficient (Wildman–Crippen LogP) is 3.36. The molecule has 0 aliphatic rings. The van der Waals surface area contributed by atoms with E-state index in [4.69, 9.17) is 16.3 Å². The second kappa shape index (κ2) is 8.14. The van der Waals surface area contributed by atoms with Crippen LogP contribution in [-0.2, 0) is 6.54 Å². The Morgan fingerprint density at radius 3 is 2.76 bits per heavy atom. The molecular weight excluding hydrogens is 460 g/mol. The third-order valence-electron chi connectivity index (χ3n) is 4.26. The van der Waals surface area contributed by atoms with Gasteiger partial charge < -0.3 is 9.30 Å². The molecule has 1 aromatic carbocycles. The van der Waals surface area contributed by atoms with Gasteiger partial charge in [-0.05, 0) is 40.8 Å². The number of aromatic nitrogens is 6. The van der Waals surface area contributed by atoms with Crippen LogP contribution in [0.1, 0.15) is 5.69 Å². The van der Waals surface area contributed by atoms with Crippen molar-refractivity contribution < 1.29 is 4.74 Å². The predicted molar refractivity (Wildman–Crippen MR) is 111 cm³/mol. The Morgan fingerprint density at radius 2 is 2.03 bits per heavy atom. The molecular formula is C19H14BrClN6O2. The summed E-state index contributed by atoms with van der Waals surface area (Å²) >= 11 is 9.63. The first-order chi connectivity index (χ1) is 14.0. The summed E-state index contributed by atoms with van der Waals surface area (Å²) in [5.41, 5.74) is 2.47. The fraction of sp³-hybridized carbons (Fsp3) is 0.105. The van der Waals surface area contributed by atoms with E-state index < -0.39 is 0 Å². The van der Waals surface area contributed by atoms with E-state index in [0.29, 0.717) is 34.1 Å². The van der Waals surface area contributed by atoms with Gasteiger partial charge in [0.25, 0.3) is 5.56 Å². The number of methoxy groups -OCH3 is 1. The molecule has 0 spiro atoms. The molecule has 0 saturated carbocycles. The molecule has 3 aromatic heterocycles. The highest BCUT2D eigenvalue weighted by atomic mass is 79.9. The second-order valence-electron chi connectivity index (χ2n) is 6.10. The summed E-state index contributed by atoms with van der Waals surface area (Å²) < 4.78 is 9.51. The molecule has 0 fully saturated rings. The highest BCUT2D eigenvalue weighted by molar-refractivity contribution is 9.10. The van der Waals surface area contributed by atoms with E-state index in [1.165, 1.54) is 17.1 Å². The number of pyridine rings is 2. The molecule has 0 aliphatic heterocycles. The van der Waals surface area contributed by atoms with Gasteiger partial charge in [0, 0.05) is 32.9 Å². The van der Waals surface area contributed by atoms with E-state index >= 15 is 0 Å². The van der Waals surface area contributed by atoms with Crippen LogP contribution >= 0.6 is 27.5 Å². The van der Waals surface area contributed by atoms with Crippen LogP contribution in [0.4, 0.5) is 0 Å². The van der Waals surface area contributed by atoms with E-state index in [0.717, 1.165) is 10.2 Å². The molecule has 0 saturated heterocycles. The van der Waals surface area contributed by atoms with E-state index in [1.54, 1.807) is 42.3 Å². The third kappa shape index (κ3) is 4.06. The van der Waals surface area contributed by atoms with Crippen LogP contribution in [0.25, 0.3) is 16.8 Å².